The smallest absolute Gasteiger partial charge is 0.340 e. The minimum absolute atomic E-state index is 0.000954. The lowest BCUT2D eigenvalue weighted by atomic mass is 9.77. The highest BCUT2D eigenvalue weighted by atomic mass is 16.6. The number of anilines is 3. The number of nitrogens with two attached hydrogens (primary N) is 1. The third kappa shape index (κ3) is 13.7. The number of aliphatic carboxylic acids is 1. The molecular weight excluding hydrogens is 1050 g/mol. The van der Waals surface area contributed by atoms with E-state index in [2.05, 4.69) is 56.8 Å². The van der Waals surface area contributed by atoms with Crippen LogP contribution in [0.25, 0.3) is 11.2 Å². The van der Waals surface area contributed by atoms with Crippen molar-refractivity contribution in [3.8, 4) is 17.2 Å². The van der Waals surface area contributed by atoms with Crippen molar-refractivity contribution in [3.63, 3.8) is 0 Å². The standard InChI is InChI=1S/C55H57N13O13/c1-31-8-15-40-43(24-31)80-44-26-37(69)14-17-41(44)55(40)39-16-13-34(25-38(39)53(77)81-55)61-47(72)7-3-6-46(71)57-18-21-78-23-20-68-29-36(66-67-68)30-79-22-19-58-45(70)5-2-4-42(52(75)76)63-50(73)32-9-11-33(12-10-32)59-27-35-28-60-49-48(62-35)51(74)65-54(56)64-49/h8-17,24-26,28-29,42,59,69H,2-7,18-23,27,30H2,1H3,(H,57,71)(H,58,70)(H,61,72)(H,63,73)(H,75,76)(H3,56,60,64,65,74). The molecule has 0 fully saturated rings. The van der Waals surface area contributed by atoms with Gasteiger partial charge < -0.3 is 61.5 Å². The van der Waals surface area contributed by atoms with E-state index in [-0.39, 0.29) is 130 Å². The summed E-state index contributed by atoms with van der Waals surface area (Å²) in [5.41, 5.74) is 9.15. The first-order chi connectivity index (χ1) is 39.1. The van der Waals surface area contributed by atoms with Gasteiger partial charge >= 0.3 is 11.9 Å². The normalized spacial score (nSPS) is 14.2. The van der Waals surface area contributed by atoms with E-state index in [1.54, 1.807) is 47.3 Å². The molecule has 0 saturated carbocycles. The molecule has 0 bridgehead atoms. The number of carbonyl (C=O) groups is 6. The minimum Gasteiger partial charge on any atom is -0.508 e. The van der Waals surface area contributed by atoms with Gasteiger partial charge in [-0.2, -0.15) is 4.98 Å². The number of ether oxygens (including phenoxy) is 4. The van der Waals surface area contributed by atoms with Crippen LogP contribution >= 0.6 is 0 Å². The van der Waals surface area contributed by atoms with Gasteiger partial charge in [-0.25, -0.2) is 24.2 Å². The van der Waals surface area contributed by atoms with Gasteiger partial charge in [0.05, 0.1) is 63.2 Å². The summed E-state index contributed by atoms with van der Waals surface area (Å²) in [6.45, 7) is 3.86. The predicted octanol–water partition coefficient (Wildman–Crippen LogP) is 3.71. The first kappa shape index (κ1) is 55.9. The fourth-order valence-electron chi connectivity index (χ4n) is 9.14. The van der Waals surface area contributed by atoms with E-state index < -0.39 is 35.0 Å². The van der Waals surface area contributed by atoms with Crippen LogP contribution in [0.15, 0.2) is 96.1 Å². The Balaban J connectivity index is 0.594. The van der Waals surface area contributed by atoms with E-state index in [0.717, 1.165) is 5.56 Å². The number of nitrogens with zero attached hydrogens (tertiary/aromatic N) is 6. The van der Waals surface area contributed by atoms with Gasteiger partial charge in [-0.3, -0.25) is 29.0 Å². The van der Waals surface area contributed by atoms with Crippen LogP contribution < -0.4 is 42.6 Å². The third-order valence-corrected chi connectivity index (χ3v) is 13.1. The number of carboxylic acid groups (broad SMARTS) is 1. The number of carbonyl (C=O) groups excluding carboxylic acids is 5. The number of phenolic OH excluding ortho intramolecular Hbond substituents is 1. The summed E-state index contributed by atoms with van der Waals surface area (Å²) in [5.74, 6) is -2.48. The van der Waals surface area contributed by atoms with Gasteiger partial charge in [0.1, 0.15) is 29.0 Å². The number of rotatable bonds is 26. The summed E-state index contributed by atoms with van der Waals surface area (Å²) in [5, 5.41) is 42.0. The van der Waals surface area contributed by atoms with E-state index in [1.807, 2.05) is 25.1 Å². The zero-order chi connectivity index (χ0) is 57.0. The minimum atomic E-state index is -1.32. The number of phenols is 1. The molecule has 4 aromatic carbocycles. The van der Waals surface area contributed by atoms with Gasteiger partial charge in [0.25, 0.3) is 11.5 Å². The van der Waals surface area contributed by atoms with Crippen molar-refractivity contribution in [3.05, 3.63) is 146 Å². The highest BCUT2D eigenvalue weighted by Gasteiger charge is 2.53. The largest absolute Gasteiger partial charge is 0.508 e. The number of nitrogen functional groups attached to an aromatic ring is 1. The average molecular weight is 1110 g/mol. The molecule has 2 unspecified atom stereocenters. The van der Waals surface area contributed by atoms with Crippen molar-refractivity contribution in [2.24, 2.45) is 0 Å². The maximum Gasteiger partial charge on any atom is 0.340 e. The number of aromatic nitrogens is 7. The van der Waals surface area contributed by atoms with E-state index in [9.17, 15) is 43.8 Å². The average Bonchev–Trinajstić information content (AvgIpc) is 2.21. The zero-order valence-corrected chi connectivity index (χ0v) is 43.8. The topological polar surface area (TPSA) is 368 Å². The monoisotopic (exact) mass is 1110 g/mol. The quantitative estimate of drug-likeness (QED) is 0.0276. The van der Waals surface area contributed by atoms with Crippen LogP contribution in [0.2, 0.25) is 0 Å². The predicted molar refractivity (Wildman–Crippen MR) is 289 cm³/mol. The Kier molecular flexibility index (Phi) is 17.5. The van der Waals surface area contributed by atoms with E-state index in [1.165, 1.54) is 30.5 Å². The van der Waals surface area contributed by atoms with Crippen molar-refractivity contribution in [2.75, 3.05) is 49.3 Å². The van der Waals surface area contributed by atoms with Gasteiger partial charge in [-0.15, -0.1) is 5.10 Å². The second kappa shape index (κ2) is 25.3. The highest BCUT2D eigenvalue weighted by molar-refractivity contribution is 6.00. The van der Waals surface area contributed by atoms with Crippen molar-refractivity contribution in [2.45, 2.75) is 76.8 Å². The maximum atomic E-state index is 13.5. The number of hydrogen-bond acceptors (Lipinski definition) is 19. The lowest BCUT2D eigenvalue weighted by Crippen LogP contribution is -2.41. The second-order valence-electron chi connectivity index (χ2n) is 19.0. The van der Waals surface area contributed by atoms with Crippen LogP contribution in [0.5, 0.6) is 17.2 Å². The molecule has 2 aliphatic heterocycles. The molecular formula is C55H57N13O13. The fraction of sp³-hybridized carbons (Fsp3) is 0.309. The Morgan fingerprint density at radius 1 is 0.802 bits per heavy atom. The summed E-state index contributed by atoms with van der Waals surface area (Å²) in [4.78, 5) is 103. The molecule has 26 heteroatoms. The van der Waals surface area contributed by atoms with Crippen molar-refractivity contribution < 1.29 is 57.9 Å². The number of amides is 4. The maximum absolute atomic E-state index is 13.5. The van der Waals surface area contributed by atoms with Gasteiger partial charge in [0.15, 0.2) is 16.8 Å². The van der Waals surface area contributed by atoms with Crippen molar-refractivity contribution >= 4 is 64.1 Å². The molecule has 420 valence electrons. The zero-order valence-electron chi connectivity index (χ0n) is 43.8. The number of aromatic hydroxyl groups is 1. The molecule has 26 nitrogen and oxygen atoms in total. The number of fused-ring (bicyclic) bond motifs is 7. The lowest BCUT2D eigenvalue weighted by Gasteiger charge is -2.36. The number of hydrogen-bond donors (Lipinski definition) is 9. The number of benzene rings is 4. The molecule has 7 aromatic rings. The van der Waals surface area contributed by atoms with Gasteiger partial charge in [-0.1, -0.05) is 23.4 Å². The summed E-state index contributed by atoms with van der Waals surface area (Å²) in [6.07, 6.45) is 3.88. The molecule has 0 radical (unpaired) electrons. The molecule has 0 saturated heterocycles. The molecule has 3 aromatic heterocycles. The Morgan fingerprint density at radius 2 is 1.51 bits per heavy atom. The molecule has 2 atom stereocenters. The van der Waals surface area contributed by atoms with E-state index in [4.69, 9.17) is 24.7 Å². The number of carboxylic acids is 1. The molecule has 1 spiro atoms. The van der Waals surface area contributed by atoms with Crippen LogP contribution in [0, 0.1) is 6.92 Å². The Bertz CT molecular complexity index is 3520. The molecule has 4 amide bonds. The summed E-state index contributed by atoms with van der Waals surface area (Å²) >= 11 is 0. The Labute approximate surface area is 461 Å². The van der Waals surface area contributed by atoms with Crippen LogP contribution in [0.1, 0.15) is 92.9 Å². The number of esters is 1. The Hall–Kier alpha value is -9.82. The Morgan fingerprint density at radius 3 is 2.28 bits per heavy atom. The summed E-state index contributed by atoms with van der Waals surface area (Å²) in [6, 6.07) is 20.4. The van der Waals surface area contributed by atoms with Crippen LogP contribution in [0.4, 0.5) is 17.3 Å². The second-order valence-corrected chi connectivity index (χ2v) is 19.0. The first-order valence-corrected chi connectivity index (χ1v) is 25.9. The number of aromatic amines is 1. The molecule has 5 heterocycles. The van der Waals surface area contributed by atoms with Crippen LogP contribution in [0.3, 0.4) is 0 Å². The summed E-state index contributed by atoms with van der Waals surface area (Å²) < 4.78 is 25.1. The molecule has 2 aliphatic rings. The number of aryl methyl sites for hydroxylation is 1. The van der Waals surface area contributed by atoms with Crippen molar-refractivity contribution in [1.82, 2.24) is 50.9 Å². The fourth-order valence-corrected chi connectivity index (χ4v) is 9.14. The number of nitrogens with one attached hydrogen (secondary N) is 6. The molecule has 10 N–H and O–H groups in total. The van der Waals surface area contributed by atoms with Gasteiger partial charge in [0, 0.05) is 72.0 Å². The molecule has 0 aliphatic carbocycles. The van der Waals surface area contributed by atoms with E-state index >= 15 is 0 Å². The van der Waals surface area contributed by atoms with Crippen LogP contribution in [-0.4, -0.2) is 120 Å². The van der Waals surface area contributed by atoms with Gasteiger partial charge in [0.2, 0.25) is 23.7 Å². The lowest BCUT2D eigenvalue weighted by molar-refractivity contribution is -0.139. The first-order valence-electron chi connectivity index (χ1n) is 25.9. The van der Waals surface area contributed by atoms with Crippen LogP contribution in [-0.2, 0) is 58.7 Å². The van der Waals surface area contributed by atoms with Crippen molar-refractivity contribution in [1.29, 1.82) is 0 Å². The third-order valence-electron chi connectivity index (χ3n) is 13.1. The summed E-state index contributed by atoms with van der Waals surface area (Å²) in [7, 11) is 0. The molecule has 81 heavy (non-hydrogen) atoms. The van der Waals surface area contributed by atoms with E-state index in [0.29, 0.717) is 64.1 Å². The highest BCUT2D eigenvalue weighted by Crippen LogP contribution is 2.57. The number of H-pyrrole nitrogens is 1. The van der Waals surface area contributed by atoms with Gasteiger partial charge in [-0.05, 0) is 86.3 Å². The SMILES string of the molecule is Cc1ccc2c(c1)Oc1cc(O)ccc1C21OC(=O)c2cc(NC(=O)CCCC(=O)NCCOCCn3cc(COCCNC(=O)CCCC(NC(=O)c4ccc(NCc5cnc6nc(N)[nH]c(=O)c6n5)cc4)C(=O)O)nn3)ccc21. The molecule has 9 rings (SSSR count).